The van der Waals surface area contributed by atoms with Gasteiger partial charge in [0.05, 0.1) is 31.5 Å². The molecule has 0 radical (unpaired) electrons. The van der Waals surface area contributed by atoms with Crippen molar-refractivity contribution in [3.05, 3.63) is 40.9 Å². The molecule has 0 atom stereocenters. The van der Waals surface area contributed by atoms with Crippen LogP contribution in [0.25, 0.3) is 0 Å². The summed E-state index contributed by atoms with van der Waals surface area (Å²) in [6.07, 6.45) is 0. The van der Waals surface area contributed by atoms with Gasteiger partial charge in [0, 0.05) is 18.7 Å². The zero-order valence-corrected chi connectivity index (χ0v) is 12.0. The summed E-state index contributed by atoms with van der Waals surface area (Å²) in [5.74, 6) is -5.45. The molecule has 23 heavy (non-hydrogen) atoms. The van der Waals surface area contributed by atoms with E-state index in [4.69, 9.17) is 5.11 Å². The van der Waals surface area contributed by atoms with E-state index in [0.717, 1.165) is 12.0 Å². The van der Waals surface area contributed by atoms with Crippen LogP contribution in [0.15, 0.2) is 23.4 Å². The molecule has 0 aromatic heterocycles. The van der Waals surface area contributed by atoms with E-state index in [1.54, 1.807) is 0 Å². The molecule has 9 heteroatoms. The number of esters is 1. The van der Waals surface area contributed by atoms with Gasteiger partial charge in [-0.15, -0.1) is 0 Å². The second kappa shape index (κ2) is 6.69. The summed E-state index contributed by atoms with van der Waals surface area (Å²) >= 11 is 0. The average molecular weight is 330 g/mol. The minimum atomic E-state index is -1.44. The summed E-state index contributed by atoms with van der Waals surface area (Å²) < 4.78 is 44.7. The molecule has 0 aliphatic carbocycles. The van der Waals surface area contributed by atoms with Crippen LogP contribution in [0.4, 0.5) is 18.9 Å². The van der Waals surface area contributed by atoms with Gasteiger partial charge < -0.3 is 20.1 Å². The first kappa shape index (κ1) is 16.8. The number of carbonyl (C=O) groups excluding carboxylic acids is 2. The summed E-state index contributed by atoms with van der Waals surface area (Å²) in [5, 5.41) is 11.2. The van der Waals surface area contributed by atoms with Gasteiger partial charge in [-0.2, -0.15) is 0 Å². The molecule has 0 bridgehead atoms. The van der Waals surface area contributed by atoms with Gasteiger partial charge in [-0.3, -0.25) is 4.79 Å². The standard InChI is InChI=1S/C14H13F3N2O4/c1-23-14(22)8-6-19(2-3-20)13(21)12(8)18-10-5-7(15)4-9(16)11(10)17/h4-5,18,20H,2-3,6H2,1H3. The molecule has 1 aromatic rings. The van der Waals surface area contributed by atoms with Gasteiger partial charge in [-0.1, -0.05) is 0 Å². The molecule has 1 aromatic carbocycles. The molecule has 0 fully saturated rings. The topological polar surface area (TPSA) is 78.9 Å². The number of ether oxygens (including phenoxy) is 1. The molecule has 1 aliphatic rings. The summed E-state index contributed by atoms with van der Waals surface area (Å²) in [5.41, 5.74) is -1.11. The molecule has 6 nitrogen and oxygen atoms in total. The zero-order valence-electron chi connectivity index (χ0n) is 12.0. The van der Waals surface area contributed by atoms with Gasteiger partial charge in [0.2, 0.25) is 0 Å². The second-order valence-corrected chi connectivity index (χ2v) is 4.67. The van der Waals surface area contributed by atoms with Crippen molar-refractivity contribution in [2.75, 3.05) is 32.1 Å². The van der Waals surface area contributed by atoms with E-state index in [1.165, 1.54) is 0 Å². The molecule has 1 aliphatic heterocycles. The third-order valence-electron chi connectivity index (χ3n) is 3.21. The Kier molecular flexibility index (Phi) is 4.89. The van der Waals surface area contributed by atoms with Gasteiger partial charge in [0.1, 0.15) is 11.5 Å². The van der Waals surface area contributed by atoms with Crippen molar-refractivity contribution >= 4 is 17.6 Å². The fourth-order valence-electron chi connectivity index (χ4n) is 2.13. The maximum atomic E-state index is 13.7. The van der Waals surface area contributed by atoms with Crippen LogP contribution in [0.1, 0.15) is 0 Å². The maximum Gasteiger partial charge on any atom is 0.337 e. The number of rotatable bonds is 5. The van der Waals surface area contributed by atoms with Gasteiger partial charge in [-0.05, 0) is 0 Å². The number of benzene rings is 1. The third kappa shape index (κ3) is 3.29. The number of aliphatic hydroxyl groups is 1. The van der Waals surface area contributed by atoms with Gasteiger partial charge >= 0.3 is 5.97 Å². The van der Waals surface area contributed by atoms with Crippen molar-refractivity contribution in [1.29, 1.82) is 0 Å². The molecular formula is C14H13F3N2O4. The van der Waals surface area contributed by atoms with Crippen molar-refractivity contribution in [3.63, 3.8) is 0 Å². The van der Waals surface area contributed by atoms with E-state index in [1.807, 2.05) is 0 Å². The lowest BCUT2D eigenvalue weighted by Crippen LogP contribution is -2.31. The predicted octanol–water partition coefficient (Wildman–Crippen LogP) is 0.777. The molecule has 0 unspecified atom stereocenters. The number of nitrogens with zero attached hydrogens (tertiary/aromatic N) is 1. The Labute approximate surface area is 129 Å². The number of methoxy groups -OCH3 is 1. The molecule has 0 spiro atoms. The molecule has 124 valence electrons. The third-order valence-corrected chi connectivity index (χ3v) is 3.21. The van der Waals surface area contributed by atoms with Crippen molar-refractivity contribution in [2.45, 2.75) is 0 Å². The smallest absolute Gasteiger partial charge is 0.337 e. The molecule has 1 amide bonds. The van der Waals surface area contributed by atoms with E-state index < -0.39 is 35.0 Å². The number of halogens is 3. The molecule has 0 saturated heterocycles. The Bertz CT molecular complexity index is 691. The van der Waals surface area contributed by atoms with E-state index in [0.29, 0.717) is 12.1 Å². The lowest BCUT2D eigenvalue weighted by atomic mass is 10.2. The molecular weight excluding hydrogens is 317 g/mol. The molecule has 2 rings (SSSR count). The summed E-state index contributed by atoms with van der Waals surface area (Å²) in [7, 11) is 1.09. The van der Waals surface area contributed by atoms with Crippen LogP contribution in [0.5, 0.6) is 0 Å². The van der Waals surface area contributed by atoms with Crippen LogP contribution in [0.2, 0.25) is 0 Å². The fraction of sp³-hybridized carbons (Fsp3) is 0.286. The largest absolute Gasteiger partial charge is 0.466 e. The maximum absolute atomic E-state index is 13.7. The Morgan fingerprint density at radius 3 is 2.70 bits per heavy atom. The van der Waals surface area contributed by atoms with Gasteiger partial charge in [0.25, 0.3) is 5.91 Å². The Morgan fingerprint density at radius 1 is 1.39 bits per heavy atom. The monoisotopic (exact) mass is 330 g/mol. The summed E-state index contributed by atoms with van der Waals surface area (Å²) in [4.78, 5) is 25.0. The first-order valence-electron chi connectivity index (χ1n) is 6.52. The van der Waals surface area contributed by atoms with Crippen LogP contribution in [-0.4, -0.2) is 48.7 Å². The summed E-state index contributed by atoms with van der Waals surface area (Å²) in [6.45, 7) is -0.589. The number of hydrogen-bond acceptors (Lipinski definition) is 5. The molecule has 1 heterocycles. The summed E-state index contributed by atoms with van der Waals surface area (Å²) in [6, 6.07) is 1.01. The van der Waals surface area contributed by atoms with Crippen LogP contribution >= 0.6 is 0 Å². The van der Waals surface area contributed by atoms with Crippen LogP contribution < -0.4 is 5.32 Å². The number of amides is 1. The van der Waals surface area contributed by atoms with E-state index in [2.05, 4.69) is 10.1 Å². The first-order valence-corrected chi connectivity index (χ1v) is 6.52. The highest BCUT2D eigenvalue weighted by molar-refractivity contribution is 6.08. The highest BCUT2D eigenvalue weighted by Crippen LogP contribution is 2.26. The highest BCUT2D eigenvalue weighted by Gasteiger charge is 2.35. The van der Waals surface area contributed by atoms with Crippen LogP contribution in [0.3, 0.4) is 0 Å². The lowest BCUT2D eigenvalue weighted by molar-refractivity contribution is -0.136. The predicted molar refractivity (Wildman–Crippen MR) is 72.6 cm³/mol. The number of nitrogens with one attached hydrogen (secondary N) is 1. The van der Waals surface area contributed by atoms with E-state index in [9.17, 15) is 22.8 Å². The van der Waals surface area contributed by atoms with Crippen molar-refractivity contribution < 1.29 is 32.6 Å². The van der Waals surface area contributed by atoms with Crippen molar-refractivity contribution in [2.24, 2.45) is 0 Å². The molecule has 0 saturated carbocycles. The Hall–Kier alpha value is -2.55. The van der Waals surface area contributed by atoms with E-state index in [-0.39, 0.29) is 31.0 Å². The Balaban J connectivity index is 2.41. The molecule has 2 N–H and O–H groups in total. The van der Waals surface area contributed by atoms with Crippen LogP contribution in [0, 0.1) is 17.5 Å². The first-order chi connectivity index (χ1) is 10.9. The van der Waals surface area contributed by atoms with Crippen LogP contribution in [-0.2, 0) is 14.3 Å². The van der Waals surface area contributed by atoms with E-state index >= 15 is 0 Å². The fourth-order valence-corrected chi connectivity index (χ4v) is 2.13. The number of aliphatic hydroxyl groups excluding tert-OH is 1. The average Bonchev–Trinajstić information content (AvgIpc) is 2.81. The SMILES string of the molecule is COC(=O)C1=C(Nc2cc(F)cc(F)c2F)C(=O)N(CCO)C1. The van der Waals surface area contributed by atoms with Gasteiger partial charge in [0.15, 0.2) is 11.6 Å². The van der Waals surface area contributed by atoms with Gasteiger partial charge in [-0.25, -0.2) is 18.0 Å². The quantitative estimate of drug-likeness (QED) is 0.616. The number of anilines is 1. The number of carbonyl (C=O) groups is 2. The Morgan fingerprint density at radius 2 is 2.09 bits per heavy atom. The number of β-amino-alcohol motifs (C(OH)–C–C–N with tert-alkyl or cyclic N) is 1. The zero-order chi connectivity index (χ0) is 17.1. The minimum Gasteiger partial charge on any atom is -0.466 e. The highest BCUT2D eigenvalue weighted by atomic mass is 19.2. The second-order valence-electron chi connectivity index (χ2n) is 4.67. The lowest BCUT2D eigenvalue weighted by Gasteiger charge is -2.15. The number of hydrogen-bond donors (Lipinski definition) is 2. The van der Waals surface area contributed by atoms with Crippen molar-refractivity contribution in [1.82, 2.24) is 4.90 Å². The van der Waals surface area contributed by atoms with Crippen molar-refractivity contribution in [3.8, 4) is 0 Å². The minimum absolute atomic E-state index is 0.0650. The normalized spacial score (nSPS) is 14.5.